The van der Waals surface area contributed by atoms with Crippen molar-refractivity contribution in [1.29, 1.82) is 0 Å². The summed E-state index contributed by atoms with van der Waals surface area (Å²) < 4.78 is 17.6. The molecule has 6 nitrogen and oxygen atoms in total. The van der Waals surface area contributed by atoms with Crippen molar-refractivity contribution in [3.63, 3.8) is 0 Å². The number of hydrogen-bond donors (Lipinski definition) is 0. The summed E-state index contributed by atoms with van der Waals surface area (Å²) in [6.45, 7) is 0.388. The fraction of sp³-hybridized carbons (Fsp3) is 0.214. The van der Waals surface area contributed by atoms with Gasteiger partial charge in [-0.25, -0.2) is 4.39 Å². The van der Waals surface area contributed by atoms with E-state index in [1.165, 1.54) is 23.1 Å². The van der Waals surface area contributed by atoms with Gasteiger partial charge in [-0.15, -0.1) is 0 Å². The third-order valence-corrected chi connectivity index (χ3v) is 2.98. The van der Waals surface area contributed by atoms with Crippen LogP contribution in [0.15, 0.2) is 40.8 Å². The normalized spacial score (nSPS) is 10.4. The number of rotatable bonds is 5. The van der Waals surface area contributed by atoms with Crippen LogP contribution in [0.4, 0.5) is 10.3 Å². The molecule has 2 rings (SSSR count). The first-order chi connectivity index (χ1) is 9.97. The molecule has 0 saturated heterocycles. The van der Waals surface area contributed by atoms with E-state index in [9.17, 15) is 19.3 Å². The number of halogens is 1. The highest BCUT2D eigenvalue weighted by Gasteiger charge is 2.20. The lowest BCUT2D eigenvalue weighted by Gasteiger charge is -2.15. The second-order valence-corrected chi connectivity index (χ2v) is 4.50. The van der Waals surface area contributed by atoms with Crippen molar-refractivity contribution in [2.24, 2.45) is 0 Å². The summed E-state index contributed by atoms with van der Waals surface area (Å²) in [6, 6.07) is 8.41. The fourth-order valence-corrected chi connectivity index (χ4v) is 1.78. The van der Waals surface area contributed by atoms with Crippen molar-refractivity contribution in [2.45, 2.75) is 6.42 Å². The third kappa shape index (κ3) is 3.65. The van der Waals surface area contributed by atoms with E-state index in [2.05, 4.69) is 0 Å². The monoisotopic (exact) mass is 292 g/mol. The van der Waals surface area contributed by atoms with Gasteiger partial charge < -0.3 is 9.32 Å². The van der Waals surface area contributed by atoms with E-state index in [1.807, 2.05) is 0 Å². The molecule has 1 amide bonds. The largest absolute Gasteiger partial charge is 0.433 e. The van der Waals surface area contributed by atoms with Gasteiger partial charge in [-0.05, 0) is 30.2 Å². The minimum Gasteiger partial charge on any atom is -0.395 e. The predicted molar refractivity (Wildman–Crippen MR) is 72.4 cm³/mol. The van der Waals surface area contributed by atoms with Crippen LogP contribution in [0.25, 0.3) is 0 Å². The zero-order valence-corrected chi connectivity index (χ0v) is 11.3. The standard InChI is InChI=1S/C14H13FN2O4/c1-16(9-8-10-2-4-11(15)5-3-10)14(18)12-6-7-13(21-12)17(19)20/h2-7H,8-9H2,1H3. The summed E-state index contributed by atoms with van der Waals surface area (Å²) in [4.78, 5) is 23.2. The molecular weight excluding hydrogens is 279 g/mol. The zero-order chi connectivity index (χ0) is 15.4. The van der Waals surface area contributed by atoms with Crippen LogP contribution in [0.2, 0.25) is 0 Å². The number of carbonyl (C=O) groups is 1. The number of likely N-dealkylation sites (N-methyl/N-ethyl adjacent to an activating group) is 1. The van der Waals surface area contributed by atoms with Crippen molar-refractivity contribution < 1.29 is 18.5 Å². The lowest BCUT2D eigenvalue weighted by atomic mass is 10.1. The Morgan fingerprint density at radius 1 is 1.29 bits per heavy atom. The summed E-state index contributed by atoms with van der Waals surface area (Å²) in [6.07, 6.45) is 0.547. The molecule has 2 aromatic rings. The van der Waals surface area contributed by atoms with Crippen molar-refractivity contribution >= 4 is 11.8 Å². The SMILES string of the molecule is CN(CCc1ccc(F)cc1)C(=O)c1ccc([N+](=O)[O-])o1. The van der Waals surface area contributed by atoms with Gasteiger partial charge in [0, 0.05) is 13.6 Å². The highest BCUT2D eigenvalue weighted by atomic mass is 19.1. The first-order valence-corrected chi connectivity index (χ1v) is 6.21. The van der Waals surface area contributed by atoms with E-state index in [0.29, 0.717) is 13.0 Å². The van der Waals surface area contributed by atoms with Crippen LogP contribution >= 0.6 is 0 Å². The Labute approximate surface area is 119 Å². The highest BCUT2D eigenvalue weighted by Crippen LogP contribution is 2.17. The van der Waals surface area contributed by atoms with E-state index >= 15 is 0 Å². The number of amides is 1. The summed E-state index contributed by atoms with van der Waals surface area (Å²) in [7, 11) is 1.57. The predicted octanol–water partition coefficient (Wildman–Crippen LogP) is 2.64. The number of nitro groups is 1. The molecule has 0 unspecified atom stereocenters. The average molecular weight is 292 g/mol. The van der Waals surface area contributed by atoms with Gasteiger partial charge in [0.1, 0.15) is 10.7 Å². The first kappa shape index (κ1) is 14.7. The van der Waals surface area contributed by atoms with E-state index in [1.54, 1.807) is 19.2 Å². The quantitative estimate of drug-likeness (QED) is 0.627. The van der Waals surface area contributed by atoms with E-state index in [4.69, 9.17) is 4.42 Å². The van der Waals surface area contributed by atoms with Crippen LogP contribution in [0, 0.1) is 15.9 Å². The molecule has 110 valence electrons. The Bertz CT molecular complexity index is 651. The highest BCUT2D eigenvalue weighted by molar-refractivity contribution is 5.91. The van der Waals surface area contributed by atoms with Gasteiger partial charge in [0.15, 0.2) is 5.76 Å². The maximum absolute atomic E-state index is 12.8. The Hall–Kier alpha value is -2.70. The molecule has 0 fully saturated rings. The topological polar surface area (TPSA) is 76.6 Å². The van der Waals surface area contributed by atoms with Crippen molar-refractivity contribution in [1.82, 2.24) is 4.90 Å². The third-order valence-electron chi connectivity index (χ3n) is 2.98. The molecule has 0 spiro atoms. The summed E-state index contributed by atoms with van der Waals surface area (Å²) in [5, 5.41) is 10.5. The number of carbonyl (C=O) groups excluding carboxylic acids is 1. The number of hydrogen-bond acceptors (Lipinski definition) is 4. The van der Waals surface area contributed by atoms with E-state index in [0.717, 1.165) is 11.6 Å². The first-order valence-electron chi connectivity index (χ1n) is 6.21. The lowest BCUT2D eigenvalue weighted by Crippen LogP contribution is -2.28. The maximum atomic E-state index is 12.8. The Balaban J connectivity index is 1.95. The molecule has 7 heteroatoms. The van der Waals surface area contributed by atoms with Crippen LogP contribution in [-0.2, 0) is 6.42 Å². The molecule has 1 aromatic heterocycles. The fourth-order valence-electron chi connectivity index (χ4n) is 1.78. The number of benzene rings is 1. The molecule has 0 atom stereocenters. The van der Waals surface area contributed by atoms with Crippen molar-refractivity contribution in [3.8, 4) is 0 Å². The summed E-state index contributed by atoms with van der Waals surface area (Å²) in [5.41, 5.74) is 0.890. The second kappa shape index (κ2) is 6.17. The molecule has 0 saturated carbocycles. The molecular formula is C14H13FN2O4. The molecule has 0 radical (unpaired) electrons. The molecule has 0 N–H and O–H groups in total. The maximum Gasteiger partial charge on any atom is 0.433 e. The number of nitrogens with zero attached hydrogens (tertiary/aromatic N) is 2. The summed E-state index contributed by atoms with van der Waals surface area (Å²) in [5.74, 6) is -1.30. The van der Waals surface area contributed by atoms with Crippen LogP contribution in [-0.4, -0.2) is 29.3 Å². The van der Waals surface area contributed by atoms with Crippen LogP contribution in [0.1, 0.15) is 16.1 Å². The van der Waals surface area contributed by atoms with Gasteiger partial charge in [0.25, 0.3) is 5.91 Å². The van der Waals surface area contributed by atoms with Gasteiger partial charge in [0.2, 0.25) is 0 Å². The minimum absolute atomic E-state index is 0.0803. The second-order valence-electron chi connectivity index (χ2n) is 4.50. The van der Waals surface area contributed by atoms with E-state index < -0.39 is 16.7 Å². The van der Waals surface area contributed by atoms with Crippen LogP contribution in [0.3, 0.4) is 0 Å². The molecule has 0 aliphatic heterocycles. The van der Waals surface area contributed by atoms with Crippen molar-refractivity contribution in [2.75, 3.05) is 13.6 Å². The van der Waals surface area contributed by atoms with Gasteiger partial charge in [0.05, 0.1) is 6.07 Å². The Kier molecular flexibility index (Phi) is 4.32. The van der Waals surface area contributed by atoms with Gasteiger partial charge in [-0.2, -0.15) is 0 Å². The Morgan fingerprint density at radius 2 is 1.95 bits per heavy atom. The summed E-state index contributed by atoms with van der Waals surface area (Å²) >= 11 is 0. The number of furan rings is 1. The van der Waals surface area contributed by atoms with Crippen LogP contribution < -0.4 is 0 Å². The van der Waals surface area contributed by atoms with Gasteiger partial charge in [-0.1, -0.05) is 12.1 Å². The minimum atomic E-state index is -0.699. The molecule has 0 aliphatic carbocycles. The van der Waals surface area contributed by atoms with E-state index in [-0.39, 0.29) is 11.6 Å². The molecule has 0 aliphatic rings. The smallest absolute Gasteiger partial charge is 0.395 e. The van der Waals surface area contributed by atoms with Gasteiger partial charge >= 0.3 is 5.88 Å². The molecule has 21 heavy (non-hydrogen) atoms. The molecule has 0 bridgehead atoms. The molecule has 1 aromatic carbocycles. The molecule has 1 heterocycles. The van der Waals surface area contributed by atoms with Crippen LogP contribution in [0.5, 0.6) is 0 Å². The van der Waals surface area contributed by atoms with Gasteiger partial charge in [-0.3, -0.25) is 14.9 Å². The Morgan fingerprint density at radius 3 is 2.52 bits per heavy atom. The average Bonchev–Trinajstić information content (AvgIpc) is 2.95. The zero-order valence-electron chi connectivity index (χ0n) is 11.3. The van der Waals surface area contributed by atoms with Crippen molar-refractivity contribution in [3.05, 3.63) is 63.7 Å². The lowest BCUT2D eigenvalue weighted by molar-refractivity contribution is -0.402.